The summed E-state index contributed by atoms with van der Waals surface area (Å²) in [5.74, 6) is -0.0804. The summed E-state index contributed by atoms with van der Waals surface area (Å²) >= 11 is 6.69. The van der Waals surface area contributed by atoms with Crippen LogP contribution < -0.4 is 4.90 Å². The molecule has 3 rings (SSSR count). The number of amides is 1. The lowest BCUT2D eigenvalue weighted by Crippen LogP contribution is -2.28. The third-order valence-corrected chi connectivity index (χ3v) is 4.43. The maximum absolute atomic E-state index is 12.6. The number of carbonyl (C=O) groups is 1. The first-order chi connectivity index (χ1) is 10.2. The first-order valence-electron chi connectivity index (χ1n) is 6.40. The van der Waals surface area contributed by atoms with E-state index in [0.29, 0.717) is 9.23 Å². The first-order valence-corrected chi connectivity index (χ1v) is 7.63. The lowest BCUT2D eigenvalue weighted by Gasteiger charge is -2.16. The van der Waals surface area contributed by atoms with Gasteiger partial charge in [-0.25, -0.2) is 0 Å². The zero-order valence-corrected chi connectivity index (χ0v) is 12.9. The molecule has 1 aliphatic heterocycles. The van der Waals surface area contributed by atoms with Crippen molar-refractivity contribution in [2.75, 3.05) is 4.90 Å². The summed E-state index contributed by atoms with van der Waals surface area (Å²) in [4.78, 5) is 18.9. The van der Waals surface area contributed by atoms with Gasteiger partial charge >= 0.3 is 0 Å². The van der Waals surface area contributed by atoms with Crippen LogP contribution in [0.1, 0.15) is 11.1 Å². The molecule has 0 radical (unpaired) electrons. The van der Waals surface area contributed by atoms with Gasteiger partial charge in [0.2, 0.25) is 0 Å². The largest absolute Gasteiger partial charge is 0.270 e. The average Bonchev–Trinajstić information content (AvgIpc) is 2.76. The highest BCUT2D eigenvalue weighted by Crippen LogP contribution is 2.36. The van der Waals surface area contributed by atoms with E-state index in [1.165, 1.54) is 11.8 Å². The quantitative estimate of drug-likeness (QED) is 0.624. The number of hydrogen-bond donors (Lipinski definition) is 0. The Labute approximate surface area is 132 Å². The van der Waals surface area contributed by atoms with E-state index in [0.717, 1.165) is 16.8 Å². The van der Waals surface area contributed by atoms with Gasteiger partial charge in [-0.1, -0.05) is 48.2 Å². The molecule has 1 aliphatic rings. The molecule has 0 bridgehead atoms. The summed E-state index contributed by atoms with van der Waals surface area (Å²) in [6.07, 6.45) is 5.25. The zero-order chi connectivity index (χ0) is 14.8. The van der Waals surface area contributed by atoms with Crippen molar-refractivity contribution in [2.45, 2.75) is 6.92 Å². The number of nitrogens with zero attached hydrogens (tertiary/aromatic N) is 2. The van der Waals surface area contributed by atoms with E-state index < -0.39 is 0 Å². The number of para-hydroxylation sites is 1. The van der Waals surface area contributed by atoms with Crippen LogP contribution in [0.25, 0.3) is 6.08 Å². The molecule has 1 fully saturated rings. The standard InChI is InChI=1S/C16H12N2OS2/c1-11-5-2-3-7-13(11)18-15(19)14(21-16(18)20)9-12-6-4-8-17-10-12/h2-10H,1H3/b14-9-. The Kier molecular flexibility index (Phi) is 3.86. The van der Waals surface area contributed by atoms with Crippen LogP contribution in [0.2, 0.25) is 0 Å². The molecule has 1 saturated heterocycles. The van der Waals surface area contributed by atoms with Crippen LogP contribution in [-0.2, 0) is 4.79 Å². The van der Waals surface area contributed by atoms with Gasteiger partial charge in [0.25, 0.3) is 5.91 Å². The van der Waals surface area contributed by atoms with E-state index in [-0.39, 0.29) is 5.91 Å². The normalized spacial score (nSPS) is 16.8. The number of anilines is 1. The summed E-state index contributed by atoms with van der Waals surface area (Å²) in [6, 6.07) is 11.5. The average molecular weight is 312 g/mol. The van der Waals surface area contributed by atoms with Crippen LogP contribution in [-0.4, -0.2) is 15.2 Å². The molecule has 1 aromatic heterocycles. The lowest BCUT2D eigenvalue weighted by atomic mass is 10.2. The minimum Gasteiger partial charge on any atom is -0.268 e. The number of hydrogen-bond acceptors (Lipinski definition) is 4. The van der Waals surface area contributed by atoms with Crippen LogP contribution in [0, 0.1) is 6.92 Å². The van der Waals surface area contributed by atoms with Crippen molar-refractivity contribution < 1.29 is 4.79 Å². The van der Waals surface area contributed by atoms with Crippen LogP contribution >= 0.6 is 24.0 Å². The number of benzene rings is 1. The predicted octanol–water partition coefficient (Wildman–Crippen LogP) is 3.80. The predicted molar refractivity (Wildman–Crippen MR) is 91.1 cm³/mol. The third kappa shape index (κ3) is 2.75. The minimum atomic E-state index is -0.0804. The molecule has 0 atom stereocenters. The van der Waals surface area contributed by atoms with Gasteiger partial charge in [-0.05, 0) is 36.3 Å². The van der Waals surface area contributed by atoms with Gasteiger partial charge in [0.1, 0.15) is 0 Å². The molecule has 0 aliphatic carbocycles. The number of pyridine rings is 1. The molecule has 5 heteroatoms. The van der Waals surface area contributed by atoms with E-state index in [1.807, 2.05) is 49.4 Å². The lowest BCUT2D eigenvalue weighted by molar-refractivity contribution is -0.113. The van der Waals surface area contributed by atoms with Crippen LogP contribution in [0.3, 0.4) is 0 Å². The Morgan fingerprint density at radius 2 is 2.05 bits per heavy atom. The molecule has 1 amide bonds. The van der Waals surface area contributed by atoms with Gasteiger partial charge in [0.15, 0.2) is 4.32 Å². The van der Waals surface area contributed by atoms with E-state index in [2.05, 4.69) is 4.98 Å². The van der Waals surface area contributed by atoms with Gasteiger partial charge in [-0.3, -0.25) is 14.7 Å². The molecule has 0 unspecified atom stereocenters. The molecule has 0 N–H and O–H groups in total. The minimum absolute atomic E-state index is 0.0804. The molecule has 1 aromatic carbocycles. The van der Waals surface area contributed by atoms with Crippen molar-refractivity contribution in [1.29, 1.82) is 0 Å². The smallest absolute Gasteiger partial charge is 0.268 e. The second-order valence-corrected chi connectivity index (χ2v) is 6.27. The monoisotopic (exact) mass is 312 g/mol. The molecule has 2 aromatic rings. The van der Waals surface area contributed by atoms with Crippen molar-refractivity contribution in [3.63, 3.8) is 0 Å². The second kappa shape index (κ2) is 5.79. The van der Waals surface area contributed by atoms with E-state index in [9.17, 15) is 4.79 Å². The molecule has 0 saturated carbocycles. The Bertz CT molecular complexity index is 741. The maximum Gasteiger partial charge on any atom is 0.270 e. The summed E-state index contributed by atoms with van der Waals surface area (Å²) in [7, 11) is 0. The molecule has 0 spiro atoms. The van der Waals surface area contributed by atoms with Gasteiger partial charge in [-0.2, -0.15) is 0 Å². The highest BCUT2D eigenvalue weighted by atomic mass is 32.2. The molecule has 21 heavy (non-hydrogen) atoms. The molecular weight excluding hydrogens is 300 g/mol. The summed E-state index contributed by atoms with van der Waals surface area (Å²) in [5.41, 5.74) is 2.76. The third-order valence-electron chi connectivity index (χ3n) is 3.13. The number of carbonyl (C=O) groups excluding carboxylic acids is 1. The van der Waals surface area contributed by atoms with E-state index >= 15 is 0 Å². The number of thioether (sulfide) groups is 1. The Hall–Kier alpha value is -1.98. The fraction of sp³-hybridized carbons (Fsp3) is 0.0625. The van der Waals surface area contributed by atoms with Gasteiger partial charge in [0.05, 0.1) is 10.6 Å². The van der Waals surface area contributed by atoms with Crippen molar-refractivity contribution >= 4 is 46.0 Å². The Morgan fingerprint density at radius 3 is 2.76 bits per heavy atom. The molecule has 104 valence electrons. The van der Waals surface area contributed by atoms with Crippen LogP contribution in [0.4, 0.5) is 5.69 Å². The SMILES string of the molecule is Cc1ccccc1N1C(=O)/C(=C/c2cccnc2)SC1=S. The zero-order valence-electron chi connectivity index (χ0n) is 11.3. The van der Waals surface area contributed by atoms with Gasteiger partial charge < -0.3 is 0 Å². The molecular formula is C16H12N2OS2. The maximum atomic E-state index is 12.6. The fourth-order valence-corrected chi connectivity index (χ4v) is 3.39. The first kappa shape index (κ1) is 14.0. The summed E-state index contributed by atoms with van der Waals surface area (Å²) < 4.78 is 0.560. The number of rotatable bonds is 2. The Balaban J connectivity index is 1.97. The summed E-state index contributed by atoms with van der Waals surface area (Å²) in [5, 5.41) is 0. The summed E-state index contributed by atoms with van der Waals surface area (Å²) in [6.45, 7) is 1.97. The fourth-order valence-electron chi connectivity index (χ4n) is 2.10. The molecule has 2 heterocycles. The number of aromatic nitrogens is 1. The van der Waals surface area contributed by atoms with Crippen molar-refractivity contribution in [2.24, 2.45) is 0 Å². The van der Waals surface area contributed by atoms with E-state index in [1.54, 1.807) is 17.3 Å². The second-order valence-electron chi connectivity index (χ2n) is 4.59. The van der Waals surface area contributed by atoms with Gasteiger partial charge in [0, 0.05) is 12.4 Å². The van der Waals surface area contributed by atoms with Crippen molar-refractivity contribution in [1.82, 2.24) is 4.98 Å². The highest BCUT2D eigenvalue weighted by molar-refractivity contribution is 8.27. The topological polar surface area (TPSA) is 33.2 Å². The highest BCUT2D eigenvalue weighted by Gasteiger charge is 2.33. The van der Waals surface area contributed by atoms with Crippen molar-refractivity contribution in [3.8, 4) is 0 Å². The Morgan fingerprint density at radius 1 is 1.24 bits per heavy atom. The number of aryl methyl sites for hydroxylation is 1. The van der Waals surface area contributed by atoms with E-state index in [4.69, 9.17) is 12.2 Å². The molecule has 3 nitrogen and oxygen atoms in total. The number of thiocarbonyl (C=S) groups is 1. The van der Waals surface area contributed by atoms with Gasteiger partial charge in [-0.15, -0.1) is 0 Å². The van der Waals surface area contributed by atoms with Crippen molar-refractivity contribution in [3.05, 3.63) is 64.8 Å². The van der Waals surface area contributed by atoms with Crippen LogP contribution in [0.15, 0.2) is 53.7 Å². The van der Waals surface area contributed by atoms with Crippen LogP contribution in [0.5, 0.6) is 0 Å².